The van der Waals surface area contributed by atoms with Crippen molar-refractivity contribution >= 4 is 58.0 Å². The van der Waals surface area contributed by atoms with Crippen LogP contribution in [0.5, 0.6) is 34.5 Å². The number of aromatic hydroxyl groups is 1. The number of phenols is 1. The van der Waals surface area contributed by atoms with Crippen LogP contribution in [-0.2, 0) is 33.1 Å². The number of hydrogen-bond acceptors (Lipinski definition) is 9. The molecule has 0 aliphatic carbocycles. The summed E-state index contributed by atoms with van der Waals surface area (Å²) in [7, 11) is -9.34. The molecule has 10 nitrogen and oxygen atoms in total. The fourth-order valence-electron chi connectivity index (χ4n) is 6.59. The number of aryl methyl sites for hydroxylation is 2. The molecule has 0 fully saturated rings. The van der Waals surface area contributed by atoms with Crippen molar-refractivity contribution in [3.63, 3.8) is 0 Å². The van der Waals surface area contributed by atoms with Crippen molar-refractivity contribution in [2.75, 3.05) is 0 Å². The van der Waals surface area contributed by atoms with Crippen molar-refractivity contribution in [3.05, 3.63) is 96.1 Å². The molecule has 0 aliphatic rings. The first kappa shape index (κ1) is 52.3. The van der Waals surface area contributed by atoms with E-state index in [4.69, 9.17) is 9.47 Å². The molecule has 4 rings (SSSR count). The fourth-order valence-corrected chi connectivity index (χ4v) is 7.76. The van der Waals surface area contributed by atoms with Gasteiger partial charge in [0, 0.05) is 6.07 Å². The second-order valence-corrected chi connectivity index (χ2v) is 17.6. The number of unbranched alkanes of at least 4 members (excludes halogenated alkanes) is 16. The molecule has 4 aromatic carbocycles. The maximum Gasteiger partial charge on any atom is 2.00 e. The Morgan fingerprint density at radius 2 is 0.881 bits per heavy atom. The van der Waals surface area contributed by atoms with Gasteiger partial charge in [0.15, 0.2) is 0 Å². The molecule has 0 bridgehead atoms. The second-order valence-electron chi connectivity index (χ2n) is 14.8. The maximum absolute atomic E-state index is 11.5. The number of rotatable bonds is 26. The smallest absolute Gasteiger partial charge is 0.872 e. The van der Waals surface area contributed by atoms with Gasteiger partial charge in [-0.15, -0.1) is 0 Å². The van der Waals surface area contributed by atoms with Crippen molar-refractivity contribution in [1.29, 1.82) is 0 Å². The third-order valence-corrected chi connectivity index (χ3v) is 11.5. The zero-order valence-electron chi connectivity index (χ0n) is 34.9. The van der Waals surface area contributed by atoms with Gasteiger partial charge in [-0.25, -0.2) is 8.42 Å². The molecule has 0 saturated heterocycles. The van der Waals surface area contributed by atoms with Crippen molar-refractivity contribution in [3.8, 4) is 34.5 Å². The average molecular weight is 879 g/mol. The van der Waals surface area contributed by atoms with E-state index in [-0.39, 0.29) is 49.2 Å². The van der Waals surface area contributed by atoms with Crippen LogP contribution in [0.4, 0.5) is 0 Å². The molecule has 4 aromatic rings. The van der Waals surface area contributed by atoms with E-state index in [0.29, 0.717) is 11.5 Å². The van der Waals surface area contributed by atoms with Gasteiger partial charge < -0.3 is 24.2 Å². The normalized spacial score (nSPS) is 11.3. The van der Waals surface area contributed by atoms with Gasteiger partial charge in [-0.05, 0) is 85.3 Å². The molecular weight excluding hydrogens is 817 g/mol. The standard InChI is InChI=1S/2C23H32O5S.Ca/c2*1-2-3-4-5-6-7-8-9-10-12-19-13-11-14-20(17-19)28-21-15-16-22(24)23(18-21)29(25,26)27;/h2*11,13-18,24H,2-10,12H2,1H3,(H,25,26,27);/q;;+2/p-2. The predicted octanol–water partition coefficient (Wildman–Crippen LogP) is 11.7. The summed E-state index contributed by atoms with van der Waals surface area (Å²) in [6, 6.07) is 22.4. The SMILES string of the molecule is CCCCCCCCCCCc1cccc(Oc2ccc(O)c(S(=O)(=O)O)c2)c1.CCCCCCCCCCCc1cccc(Oc2ccc([O-])c(S(=O)(=O)[O-])c2)c1.[Ca+2]. The van der Waals surface area contributed by atoms with Crippen LogP contribution in [0.25, 0.3) is 0 Å². The summed E-state index contributed by atoms with van der Waals surface area (Å²) >= 11 is 0. The number of phenolic OH excluding ortho intramolecular Hbond substituents is 1. The van der Waals surface area contributed by atoms with E-state index in [1.165, 1.54) is 126 Å². The van der Waals surface area contributed by atoms with Gasteiger partial charge in [0.05, 0.1) is 4.90 Å². The van der Waals surface area contributed by atoms with E-state index in [9.17, 15) is 36.2 Å². The van der Waals surface area contributed by atoms with Crippen LogP contribution in [0.1, 0.15) is 141 Å². The molecule has 0 spiro atoms. The quantitative estimate of drug-likeness (QED) is 0.0351. The summed E-state index contributed by atoms with van der Waals surface area (Å²) in [6.45, 7) is 4.47. The summed E-state index contributed by atoms with van der Waals surface area (Å²) in [5.74, 6) is 0.178. The summed E-state index contributed by atoms with van der Waals surface area (Å²) in [4.78, 5) is -1.36. The topological polar surface area (TPSA) is 173 Å². The summed E-state index contributed by atoms with van der Waals surface area (Å²) in [6.07, 6.45) is 25.0. The molecule has 0 atom stereocenters. The molecule has 0 radical (unpaired) electrons. The van der Waals surface area contributed by atoms with E-state index in [1.54, 1.807) is 12.1 Å². The Morgan fingerprint density at radius 1 is 0.508 bits per heavy atom. The summed E-state index contributed by atoms with van der Waals surface area (Å²) in [5.41, 5.74) is 2.31. The molecule has 2 N–H and O–H groups in total. The van der Waals surface area contributed by atoms with Gasteiger partial charge in [-0.3, -0.25) is 4.55 Å². The Labute approximate surface area is 383 Å². The Bertz CT molecular complexity index is 1870. The molecule has 13 heteroatoms. The zero-order valence-corrected chi connectivity index (χ0v) is 38.8. The van der Waals surface area contributed by atoms with Crippen molar-refractivity contribution in [2.45, 2.75) is 152 Å². The van der Waals surface area contributed by atoms with Gasteiger partial charge in [-0.2, -0.15) is 8.42 Å². The van der Waals surface area contributed by atoms with Gasteiger partial charge in [0.1, 0.15) is 43.8 Å². The van der Waals surface area contributed by atoms with Gasteiger partial charge >= 0.3 is 37.7 Å². The Balaban J connectivity index is 0.000000400. The van der Waals surface area contributed by atoms with E-state index >= 15 is 0 Å². The summed E-state index contributed by atoms with van der Waals surface area (Å²) < 4.78 is 76.7. The minimum absolute atomic E-state index is 0. The molecule has 0 amide bonds. The van der Waals surface area contributed by atoms with E-state index in [2.05, 4.69) is 19.9 Å². The molecule has 59 heavy (non-hydrogen) atoms. The van der Waals surface area contributed by atoms with Crippen LogP contribution in [0.2, 0.25) is 0 Å². The molecule has 0 unspecified atom stereocenters. The zero-order chi connectivity index (χ0) is 42.2. The van der Waals surface area contributed by atoms with Crippen LogP contribution in [-0.4, -0.2) is 68.8 Å². The summed E-state index contributed by atoms with van der Waals surface area (Å²) in [5, 5.41) is 21.1. The Hall–Kier alpha value is -2.84. The van der Waals surface area contributed by atoms with E-state index < -0.39 is 41.5 Å². The largest absolute Gasteiger partial charge is 2.00 e. The number of hydrogen-bond donors (Lipinski definition) is 2. The van der Waals surface area contributed by atoms with Crippen LogP contribution in [0, 0.1) is 0 Å². The fraction of sp³-hybridized carbons (Fsp3) is 0.478. The molecular formula is C46H62CaO10S2. The van der Waals surface area contributed by atoms with Crippen LogP contribution >= 0.6 is 0 Å². The van der Waals surface area contributed by atoms with E-state index in [1.807, 2.05) is 30.3 Å². The third-order valence-electron chi connectivity index (χ3n) is 9.80. The first-order valence-corrected chi connectivity index (χ1v) is 23.8. The number of benzene rings is 4. The minimum atomic E-state index is -4.83. The average Bonchev–Trinajstić information content (AvgIpc) is 3.18. The van der Waals surface area contributed by atoms with Crippen molar-refractivity contribution < 1.29 is 45.6 Å². The van der Waals surface area contributed by atoms with Gasteiger partial charge in [0.25, 0.3) is 10.1 Å². The first-order valence-electron chi connectivity index (χ1n) is 20.9. The monoisotopic (exact) mass is 878 g/mol. The first-order chi connectivity index (χ1) is 27.8. The van der Waals surface area contributed by atoms with Crippen LogP contribution in [0.3, 0.4) is 0 Å². The molecule has 320 valence electrons. The molecule has 0 aliphatic heterocycles. The minimum Gasteiger partial charge on any atom is -0.872 e. The van der Waals surface area contributed by atoms with Gasteiger partial charge in [0.2, 0.25) is 0 Å². The predicted molar refractivity (Wildman–Crippen MR) is 232 cm³/mol. The maximum atomic E-state index is 11.5. The Morgan fingerprint density at radius 3 is 1.29 bits per heavy atom. The number of ether oxygens (including phenoxy) is 2. The second kappa shape index (κ2) is 28.6. The molecule has 0 heterocycles. The van der Waals surface area contributed by atoms with E-state index in [0.717, 1.165) is 49.4 Å². The van der Waals surface area contributed by atoms with Gasteiger partial charge in [-0.1, -0.05) is 153 Å². The van der Waals surface area contributed by atoms with Crippen molar-refractivity contribution in [1.82, 2.24) is 0 Å². The van der Waals surface area contributed by atoms with Crippen LogP contribution < -0.4 is 14.6 Å². The Kier molecular flexibility index (Phi) is 25.4. The van der Waals surface area contributed by atoms with Crippen molar-refractivity contribution in [2.24, 2.45) is 0 Å². The van der Waals surface area contributed by atoms with Crippen LogP contribution in [0.15, 0.2) is 94.7 Å². The molecule has 0 aromatic heterocycles. The molecule has 0 saturated carbocycles. The third kappa shape index (κ3) is 21.5.